The number of fused-ring (bicyclic) bond motifs is 1. The lowest BCUT2D eigenvalue weighted by atomic mass is 9.95. The second-order valence-corrected chi connectivity index (χ2v) is 9.76. The van der Waals surface area contributed by atoms with Crippen LogP contribution in [0.2, 0.25) is 0 Å². The van der Waals surface area contributed by atoms with E-state index in [0.717, 1.165) is 36.1 Å². The van der Waals surface area contributed by atoms with Crippen molar-refractivity contribution >= 4 is 23.2 Å². The SMILES string of the molecule is O=C(NC1CCCCC1)[C@@H](c1ccco1)N(Cc1ccc2c(c1)OCO2)C(=O)Cc1cccs1. The van der Waals surface area contributed by atoms with Crippen LogP contribution in [0.3, 0.4) is 0 Å². The molecule has 7 nitrogen and oxygen atoms in total. The van der Waals surface area contributed by atoms with Crippen molar-refractivity contribution in [3.05, 3.63) is 70.3 Å². The predicted octanol–water partition coefficient (Wildman–Crippen LogP) is 4.83. The highest BCUT2D eigenvalue weighted by Crippen LogP contribution is 2.34. The molecule has 5 rings (SSSR count). The molecule has 2 amide bonds. The number of thiophene rings is 1. The molecule has 178 valence electrons. The van der Waals surface area contributed by atoms with Crippen LogP contribution in [0.5, 0.6) is 11.5 Å². The highest BCUT2D eigenvalue weighted by molar-refractivity contribution is 7.10. The Kier molecular flexibility index (Phi) is 6.85. The van der Waals surface area contributed by atoms with Crippen molar-refractivity contribution in [2.75, 3.05) is 6.79 Å². The van der Waals surface area contributed by atoms with Gasteiger partial charge in [-0.2, -0.15) is 0 Å². The van der Waals surface area contributed by atoms with Gasteiger partial charge in [0.05, 0.1) is 12.7 Å². The van der Waals surface area contributed by atoms with Gasteiger partial charge in [-0.15, -0.1) is 11.3 Å². The van der Waals surface area contributed by atoms with Crippen molar-refractivity contribution in [2.45, 2.75) is 57.2 Å². The molecule has 1 aliphatic carbocycles. The molecule has 0 bridgehead atoms. The summed E-state index contributed by atoms with van der Waals surface area (Å²) >= 11 is 1.53. The van der Waals surface area contributed by atoms with E-state index >= 15 is 0 Å². The zero-order chi connectivity index (χ0) is 23.3. The van der Waals surface area contributed by atoms with E-state index in [1.54, 1.807) is 23.3 Å². The van der Waals surface area contributed by atoms with E-state index in [1.807, 2.05) is 35.7 Å². The number of carbonyl (C=O) groups is 2. The topological polar surface area (TPSA) is 81.0 Å². The molecule has 0 unspecified atom stereocenters. The van der Waals surface area contributed by atoms with Crippen LogP contribution in [0, 0.1) is 0 Å². The van der Waals surface area contributed by atoms with Crippen LogP contribution >= 0.6 is 11.3 Å². The third kappa shape index (κ3) is 5.12. The zero-order valence-electron chi connectivity index (χ0n) is 18.9. The van der Waals surface area contributed by atoms with Crippen molar-refractivity contribution in [3.63, 3.8) is 0 Å². The van der Waals surface area contributed by atoms with Gasteiger partial charge in [0.2, 0.25) is 12.7 Å². The van der Waals surface area contributed by atoms with Gasteiger partial charge < -0.3 is 24.1 Å². The Morgan fingerprint density at radius 3 is 2.68 bits per heavy atom. The van der Waals surface area contributed by atoms with Crippen LogP contribution < -0.4 is 14.8 Å². The number of hydrogen-bond acceptors (Lipinski definition) is 6. The highest BCUT2D eigenvalue weighted by Gasteiger charge is 2.35. The number of furan rings is 1. The molecule has 2 aromatic heterocycles. The van der Waals surface area contributed by atoms with E-state index in [9.17, 15) is 9.59 Å². The Hall–Kier alpha value is -3.26. The molecule has 0 radical (unpaired) electrons. The maximum absolute atomic E-state index is 13.6. The Balaban J connectivity index is 1.45. The fourth-order valence-corrected chi connectivity index (χ4v) is 5.32. The number of hydrogen-bond donors (Lipinski definition) is 1. The Morgan fingerprint density at radius 1 is 1.06 bits per heavy atom. The van der Waals surface area contributed by atoms with Gasteiger partial charge in [-0.05, 0) is 54.1 Å². The maximum atomic E-state index is 13.6. The molecule has 2 aliphatic rings. The van der Waals surface area contributed by atoms with E-state index in [2.05, 4.69) is 5.32 Å². The molecule has 1 aliphatic heterocycles. The average molecular weight is 481 g/mol. The van der Waals surface area contributed by atoms with Crippen molar-refractivity contribution in [3.8, 4) is 11.5 Å². The summed E-state index contributed by atoms with van der Waals surface area (Å²) in [5.41, 5.74) is 0.853. The number of nitrogens with zero attached hydrogens (tertiary/aromatic N) is 1. The van der Waals surface area contributed by atoms with E-state index in [-0.39, 0.29) is 37.6 Å². The number of nitrogens with one attached hydrogen (secondary N) is 1. The Labute approximate surface area is 202 Å². The summed E-state index contributed by atoms with van der Waals surface area (Å²) in [4.78, 5) is 29.8. The Morgan fingerprint density at radius 2 is 1.91 bits per heavy atom. The van der Waals surface area contributed by atoms with Gasteiger partial charge in [-0.25, -0.2) is 0 Å². The second-order valence-electron chi connectivity index (χ2n) is 8.73. The largest absolute Gasteiger partial charge is 0.467 e. The van der Waals surface area contributed by atoms with Gasteiger partial charge in [0.15, 0.2) is 17.5 Å². The fraction of sp³-hybridized carbons (Fsp3) is 0.385. The molecule has 3 aromatic rings. The summed E-state index contributed by atoms with van der Waals surface area (Å²) in [6.07, 6.45) is 7.09. The second kappa shape index (κ2) is 10.3. The van der Waals surface area contributed by atoms with Gasteiger partial charge in [-0.1, -0.05) is 31.4 Å². The van der Waals surface area contributed by atoms with E-state index < -0.39 is 6.04 Å². The van der Waals surface area contributed by atoms with Crippen LogP contribution in [0.25, 0.3) is 0 Å². The molecule has 1 fully saturated rings. The van der Waals surface area contributed by atoms with Crippen molar-refractivity contribution in [2.24, 2.45) is 0 Å². The first-order chi connectivity index (χ1) is 16.7. The van der Waals surface area contributed by atoms with Crippen molar-refractivity contribution in [1.29, 1.82) is 0 Å². The number of benzene rings is 1. The third-order valence-corrected chi connectivity index (χ3v) is 7.22. The molecule has 34 heavy (non-hydrogen) atoms. The maximum Gasteiger partial charge on any atom is 0.250 e. The molecule has 0 saturated heterocycles. The summed E-state index contributed by atoms with van der Waals surface area (Å²) < 4.78 is 16.6. The van der Waals surface area contributed by atoms with Crippen molar-refractivity contribution < 1.29 is 23.5 Å². The van der Waals surface area contributed by atoms with Crippen LogP contribution in [-0.2, 0) is 22.6 Å². The lowest BCUT2D eigenvalue weighted by molar-refractivity contribution is -0.142. The minimum Gasteiger partial charge on any atom is -0.467 e. The van der Waals surface area contributed by atoms with E-state index in [0.29, 0.717) is 17.3 Å². The lowest BCUT2D eigenvalue weighted by Gasteiger charge is -2.32. The number of amides is 2. The molecule has 3 heterocycles. The highest BCUT2D eigenvalue weighted by atomic mass is 32.1. The number of carbonyl (C=O) groups excluding carboxylic acids is 2. The summed E-state index contributed by atoms with van der Waals surface area (Å²) in [6, 6.07) is 12.2. The zero-order valence-corrected chi connectivity index (χ0v) is 19.7. The molecule has 1 saturated carbocycles. The van der Waals surface area contributed by atoms with Crippen LogP contribution in [0.15, 0.2) is 58.5 Å². The van der Waals surface area contributed by atoms with Gasteiger partial charge >= 0.3 is 0 Å². The summed E-state index contributed by atoms with van der Waals surface area (Å²) in [5, 5.41) is 5.14. The Bertz CT molecular complexity index is 1110. The van der Waals surface area contributed by atoms with Gasteiger partial charge in [0.25, 0.3) is 5.91 Å². The summed E-state index contributed by atoms with van der Waals surface area (Å²) in [7, 11) is 0. The van der Waals surface area contributed by atoms with Gasteiger partial charge in [0, 0.05) is 17.5 Å². The van der Waals surface area contributed by atoms with Crippen molar-refractivity contribution in [1.82, 2.24) is 10.2 Å². The summed E-state index contributed by atoms with van der Waals surface area (Å²) in [5.74, 6) is 1.43. The molecule has 1 aromatic carbocycles. The van der Waals surface area contributed by atoms with Crippen LogP contribution in [-0.4, -0.2) is 29.5 Å². The first-order valence-corrected chi connectivity index (χ1v) is 12.6. The number of ether oxygens (including phenoxy) is 2. The predicted molar refractivity (Wildman–Crippen MR) is 128 cm³/mol. The molecular formula is C26H28N2O5S. The van der Waals surface area contributed by atoms with E-state index in [1.165, 1.54) is 17.8 Å². The fourth-order valence-electron chi connectivity index (χ4n) is 4.62. The van der Waals surface area contributed by atoms with Gasteiger partial charge in [0.1, 0.15) is 5.76 Å². The molecule has 8 heteroatoms. The minimum atomic E-state index is -0.866. The first kappa shape index (κ1) is 22.5. The first-order valence-electron chi connectivity index (χ1n) is 11.7. The molecular weight excluding hydrogens is 452 g/mol. The molecule has 0 spiro atoms. The lowest BCUT2D eigenvalue weighted by Crippen LogP contribution is -2.47. The van der Waals surface area contributed by atoms with Gasteiger partial charge in [-0.3, -0.25) is 9.59 Å². The third-order valence-electron chi connectivity index (χ3n) is 6.34. The standard InChI is InChI=1S/C26H28N2O5S/c29-24(15-20-8-5-13-34-20)28(16-18-10-11-21-23(14-18)33-17-32-21)25(22-9-4-12-31-22)26(30)27-19-6-2-1-3-7-19/h4-5,8-14,19,25H,1-3,6-7,15-17H2,(H,27,30)/t25-/m1/s1. The minimum absolute atomic E-state index is 0.124. The smallest absolute Gasteiger partial charge is 0.250 e. The van der Waals surface area contributed by atoms with Crippen LogP contribution in [0.4, 0.5) is 0 Å². The number of rotatable bonds is 8. The average Bonchev–Trinajstić information content (AvgIpc) is 3.62. The summed E-state index contributed by atoms with van der Waals surface area (Å²) in [6.45, 7) is 0.420. The van der Waals surface area contributed by atoms with Crippen LogP contribution in [0.1, 0.15) is 54.3 Å². The normalized spacial score (nSPS) is 16.2. The quantitative estimate of drug-likeness (QED) is 0.499. The molecule has 1 atom stereocenters. The van der Waals surface area contributed by atoms with E-state index in [4.69, 9.17) is 13.9 Å². The monoisotopic (exact) mass is 480 g/mol. The molecule has 1 N–H and O–H groups in total.